The first-order valence-electron chi connectivity index (χ1n) is 5.00. The Kier molecular flexibility index (Phi) is 2.86. The SMILES string of the molecule is COc1cc(OC)cc(-c2c[c]cn2C)c1. The van der Waals surface area contributed by atoms with Crippen molar-refractivity contribution in [3.05, 3.63) is 36.5 Å². The summed E-state index contributed by atoms with van der Waals surface area (Å²) >= 11 is 0. The highest BCUT2D eigenvalue weighted by Gasteiger charge is 2.06. The average Bonchev–Trinajstić information content (AvgIpc) is 2.74. The fraction of sp³-hybridized carbons (Fsp3) is 0.231. The summed E-state index contributed by atoms with van der Waals surface area (Å²) in [6, 6.07) is 10.8. The molecule has 0 N–H and O–H groups in total. The molecule has 0 saturated heterocycles. The maximum absolute atomic E-state index is 5.24. The maximum atomic E-state index is 5.24. The predicted molar refractivity (Wildman–Crippen MR) is 62.8 cm³/mol. The third-order valence-electron chi connectivity index (χ3n) is 2.52. The molecule has 0 aliphatic heterocycles. The smallest absolute Gasteiger partial charge is 0.123 e. The average molecular weight is 216 g/mol. The molecule has 3 heteroatoms. The van der Waals surface area contributed by atoms with Gasteiger partial charge in [0.25, 0.3) is 0 Å². The summed E-state index contributed by atoms with van der Waals surface area (Å²) < 4.78 is 12.5. The molecular weight excluding hydrogens is 202 g/mol. The monoisotopic (exact) mass is 216 g/mol. The molecule has 1 aromatic heterocycles. The number of ether oxygens (including phenoxy) is 2. The molecule has 1 heterocycles. The maximum Gasteiger partial charge on any atom is 0.123 e. The van der Waals surface area contributed by atoms with E-state index in [0.717, 1.165) is 22.8 Å². The van der Waals surface area contributed by atoms with Crippen LogP contribution in [0.15, 0.2) is 30.5 Å². The van der Waals surface area contributed by atoms with Crippen molar-refractivity contribution in [3.8, 4) is 22.8 Å². The third kappa shape index (κ3) is 1.89. The van der Waals surface area contributed by atoms with E-state index in [9.17, 15) is 0 Å². The fourth-order valence-corrected chi connectivity index (χ4v) is 1.64. The summed E-state index contributed by atoms with van der Waals surface area (Å²) in [5, 5.41) is 0. The second-order valence-corrected chi connectivity index (χ2v) is 3.54. The van der Waals surface area contributed by atoms with E-state index in [0.29, 0.717) is 0 Å². The van der Waals surface area contributed by atoms with Crippen LogP contribution in [0, 0.1) is 6.07 Å². The molecule has 0 saturated carbocycles. The lowest BCUT2D eigenvalue weighted by atomic mass is 10.1. The summed E-state index contributed by atoms with van der Waals surface area (Å²) in [6.45, 7) is 0. The zero-order valence-electron chi connectivity index (χ0n) is 9.65. The number of benzene rings is 1. The van der Waals surface area contributed by atoms with E-state index in [4.69, 9.17) is 9.47 Å². The highest BCUT2D eigenvalue weighted by molar-refractivity contribution is 5.64. The van der Waals surface area contributed by atoms with E-state index >= 15 is 0 Å². The molecule has 0 aliphatic rings. The highest BCUT2D eigenvalue weighted by Crippen LogP contribution is 2.29. The van der Waals surface area contributed by atoms with Crippen molar-refractivity contribution in [2.24, 2.45) is 7.05 Å². The quantitative estimate of drug-likeness (QED) is 0.787. The number of hydrogen-bond donors (Lipinski definition) is 0. The first kappa shape index (κ1) is 10.6. The van der Waals surface area contributed by atoms with Gasteiger partial charge in [-0.25, -0.2) is 0 Å². The Hall–Kier alpha value is -1.90. The normalized spacial score (nSPS) is 10.2. The third-order valence-corrected chi connectivity index (χ3v) is 2.52. The molecule has 2 rings (SSSR count). The standard InChI is InChI=1S/C13H14NO2/c1-14-6-4-5-13(14)10-7-11(15-2)9-12(8-10)16-3/h5-9H,1-3H3. The first-order chi connectivity index (χ1) is 7.74. The number of aromatic nitrogens is 1. The number of methoxy groups -OCH3 is 2. The van der Waals surface area contributed by atoms with Gasteiger partial charge in [-0.3, -0.25) is 0 Å². The largest absolute Gasteiger partial charge is 0.497 e. The van der Waals surface area contributed by atoms with E-state index in [2.05, 4.69) is 6.07 Å². The van der Waals surface area contributed by atoms with Gasteiger partial charge in [-0.05, 0) is 18.2 Å². The van der Waals surface area contributed by atoms with Gasteiger partial charge in [0.2, 0.25) is 0 Å². The van der Waals surface area contributed by atoms with Crippen LogP contribution < -0.4 is 9.47 Å². The van der Waals surface area contributed by atoms with Gasteiger partial charge in [-0.2, -0.15) is 0 Å². The molecule has 16 heavy (non-hydrogen) atoms. The molecule has 3 nitrogen and oxygen atoms in total. The molecule has 0 amide bonds. The molecule has 0 aliphatic carbocycles. The number of aryl methyl sites for hydroxylation is 1. The summed E-state index contributed by atoms with van der Waals surface area (Å²) in [6.07, 6.45) is 1.89. The predicted octanol–water partition coefficient (Wildman–Crippen LogP) is 2.51. The zero-order chi connectivity index (χ0) is 11.5. The molecule has 83 valence electrons. The van der Waals surface area contributed by atoms with Crippen LogP contribution >= 0.6 is 0 Å². The van der Waals surface area contributed by atoms with Gasteiger partial charge < -0.3 is 14.0 Å². The van der Waals surface area contributed by atoms with Gasteiger partial charge in [-0.15, -0.1) is 0 Å². The Morgan fingerprint density at radius 1 is 1.06 bits per heavy atom. The molecule has 0 unspecified atom stereocenters. The van der Waals surface area contributed by atoms with E-state index < -0.39 is 0 Å². The molecular formula is C13H14NO2. The topological polar surface area (TPSA) is 23.4 Å². The second-order valence-electron chi connectivity index (χ2n) is 3.54. The molecule has 0 fully saturated rings. The minimum atomic E-state index is 0.788. The Balaban J connectivity index is 2.52. The lowest BCUT2D eigenvalue weighted by Gasteiger charge is -2.09. The summed E-state index contributed by atoms with van der Waals surface area (Å²) in [4.78, 5) is 0. The van der Waals surface area contributed by atoms with Gasteiger partial charge in [0, 0.05) is 36.6 Å². The second kappa shape index (κ2) is 4.31. The lowest BCUT2D eigenvalue weighted by molar-refractivity contribution is 0.394. The lowest BCUT2D eigenvalue weighted by Crippen LogP contribution is -1.92. The molecule has 2 aromatic rings. The summed E-state index contributed by atoms with van der Waals surface area (Å²) in [5.74, 6) is 1.58. The fourth-order valence-electron chi connectivity index (χ4n) is 1.64. The van der Waals surface area contributed by atoms with Crippen molar-refractivity contribution in [2.45, 2.75) is 0 Å². The minimum absolute atomic E-state index is 0.788. The Morgan fingerprint density at radius 2 is 1.69 bits per heavy atom. The number of hydrogen-bond acceptors (Lipinski definition) is 2. The van der Waals surface area contributed by atoms with Crippen molar-refractivity contribution in [1.29, 1.82) is 0 Å². The number of nitrogens with zero attached hydrogens (tertiary/aromatic N) is 1. The first-order valence-corrected chi connectivity index (χ1v) is 5.00. The minimum Gasteiger partial charge on any atom is -0.497 e. The van der Waals surface area contributed by atoms with Crippen molar-refractivity contribution in [3.63, 3.8) is 0 Å². The van der Waals surface area contributed by atoms with E-state index in [1.54, 1.807) is 14.2 Å². The van der Waals surface area contributed by atoms with Crippen LogP contribution in [-0.4, -0.2) is 18.8 Å². The van der Waals surface area contributed by atoms with E-state index in [-0.39, 0.29) is 0 Å². The summed E-state index contributed by atoms with van der Waals surface area (Å²) in [5.41, 5.74) is 2.14. The molecule has 0 bridgehead atoms. The molecule has 0 spiro atoms. The van der Waals surface area contributed by atoms with Crippen molar-refractivity contribution in [2.75, 3.05) is 14.2 Å². The van der Waals surface area contributed by atoms with Crippen LogP contribution in [0.3, 0.4) is 0 Å². The van der Waals surface area contributed by atoms with Crippen molar-refractivity contribution >= 4 is 0 Å². The van der Waals surface area contributed by atoms with Crippen molar-refractivity contribution in [1.82, 2.24) is 4.57 Å². The Morgan fingerprint density at radius 3 is 2.12 bits per heavy atom. The van der Waals surface area contributed by atoms with Crippen LogP contribution in [0.1, 0.15) is 0 Å². The van der Waals surface area contributed by atoms with Crippen LogP contribution in [0.25, 0.3) is 11.3 Å². The van der Waals surface area contributed by atoms with Crippen LogP contribution in [0.2, 0.25) is 0 Å². The van der Waals surface area contributed by atoms with Gasteiger partial charge >= 0.3 is 0 Å². The molecule has 1 radical (unpaired) electrons. The Bertz CT molecular complexity index is 466. The zero-order valence-corrected chi connectivity index (χ0v) is 9.65. The van der Waals surface area contributed by atoms with E-state index in [1.165, 1.54) is 0 Å². The van der Waals surface area contributed by atoms with E-state index in [1.807, 2.05) is 42.1 Å². The van der Waals surface area contributed by atoms with Crippen LogP contribution in [-0.2, 0) is 7.05 Å². The molecule has 1 aromatic carbocycles. The van der Waals surface area contributed by atoms with Gasteiger partial charge in [0.05, 0.1) is 14.2 Å². The highest BCUT2D eigenvalue weighted by atomic mass is 16.5. The van der Waals surface area contributed by atoms with Crippen molar-refractivity contribution < 1.29 is 9.47 Å². The van der Waals surface area contributed by atoms with Crippen LogP contribution in [0.5, 0.6) is 11.5 Å². The Labute approximate surface area is 95.2 Å². The van der Waals surface area contributed by atoms with Gasteiger partial charge in [-0.1, -0.05) is 0 Å². The number of rotatable bonds is 3. The van der Waals surface area contributed by atoms with Gasteiger partial charge in [0.1, 0.15) is 11.5 Å². The molecule has 0 atom stereocenters. The van der Waals surface area contributed by atoms with Gasteiger partial charge in [0.15, 0.2) is 0 Å². The van der Waals surface area contributed by atoms with Crippen LogP contribution in [0.4, 0.5) is 0 Å². The summed E-state index contributed by atoms with van der Waals surface area (Å²) in [7, 11) is 5.28.